The Labute approximate surface area is 127 Å². The van der Waals surface area contributed by atoms with Crippen molar-refractivity contribution in [1.82, 2.24) is 4.98 Å². The van der Waals surface area contributed by atoms with Gasteiger partial charge in [0.15, 0.2) is 0 Å². The third-order valence-electron chi connectivity index (χ3n) is 2.75. The fraction of sp³-hybridized carbons (Fsp3) is 0.267. The van der Waals surface area contributed by atoms with E-state index in [0.717, 1.165) is 12.8 Å². The fourth-order valence-corrected chi connectivity index (χ4v) is 2.17. The van der Waals surface area contributed by atoms with Crippen LogP contribution >= 0.6 is 11.3 Å². The molecule has 0 aliphatic rings. The van der Waals surface area contributed by atoms with E-state index in [1.807, 2.05) is 6.92 Å². The van der Waals surface area contributed by atoms with E-state index in [-0.39, 0.29) is 11.9 Å². The zero-order chi connectivity index (χ0) is 15.1. The van der Waals surface area contributed by atoms with Crippen LogP contribution in [-0.4, -0.2) is 23.5 Å². The summed E-state index contributed by atoms with van der Waals surface area (Å²) < 4.78 is 5.14. The van der Waals surface area contributed by atoms with Crippen LogP contribution in [-0.2, 0) is 4.74 Å². The average Bonchev–Trinajstić information content (AvgIpc) is 3.02. The Balaban J connectivity index is 2.00. The molecule has 0 aliphatic heterocycles. The van der Waals surface area contributed by atoms with E-state index in [9.17, 15) is 9.59 Å². The second-order valence-electron chi connectivity index (χ2n) is 4.40. The van der Waals surface area contributed by atoms with Gasteiger partial charge in [0.2, 0.25) is 0 Å². The van der Waals surface area contributed by atoms with Crippen LogP contribution in [0.15, 0.2) is 35.2 Å². The molecule has 1 N–H and O–H groups in total. The number of rotatable bonds is 6. The van der Waals surface area contributed by atoms with Gasteiger partial charge in [-0.15, -0.1) is 11.3 Å². The molecule has 5 nitrogen and oxygen atoms in total. The minimum atomic E-state index is -0.381. The standard InChI is InChI=1S/C15H16N2O3S/c1-2-3-7-20-15(19)11-5-4-6-12(8-11)17-14(18)13-9-21-10-16-13/h4-6,8-10H,2-3,7H2,1H3,(H,17,18). The third kappa shape index (κ3) is 4.39. The van der Waals surface area contributed by atoms with E-state index in [2.05, 4.69) is 10.3 Å². The number of aromatic nitrogens is 1. The first-order valence-corrected chi connectivity index (χ1v) is 7.61. The highest BCUT2D eigenvalue weighted by molar-refractivity contribution is 7.07. The molecule has 0 saturated heterocycles. The topological polar surface area (TPSA) is 68.3 Å². The van der Waals surface area contributed by atoms with Crippen molar-refractivity contribution in [2.75, 3.05) is 11.9 Å². The molecule has 0 saturated carbocycles. The van der Waals surface area contributed by atoms with Crippen LogP contribution in [0, 0.1) is 0 Å². The lowest BCUT2D eigenvalue weighted by Crippen LogP contribution is -2.13. The van der Waals surface area contributed by atoms with Crippen molar-refractivity contribution in [1.29, 1.82) is 0 Å². The van der Waals surface area contributed by atoms with Crippen molar-refractivity contribution in [2.45, 2.75) is 19.8 Å². The largest absolute Gasteiger partial charge is 0.462 e. The van der Waals surface area contributed by atoms with Crippen molar-refractivity contribution in [3.8, 4) is 0 Å². The summed E-state index contributed by atoms with van der Waals surface area (Å²) in [5, 5.41) is 4.37. The molecule has 0 spiro atoms. The SMILES string of the molecule is CCCCOC(=O)c1cccc(NC(=O)c2cscn2)c1. The lowest BCUT2D eigenvalue weighted by Gasteiger charge is -2.07. The maximum atomic E-state index is 11.9. The molecule has 0 radical (unpaired) electrons. The third-order valence-corrected chi connectivity index (χ3v) is 3.34. The second-order valence-corrected chi connectivity index (χ2v) is 5.12. The molecule has 0 unspecified atom stereocenters. The van der Waals surface area contributed by atoms with Crippen LogP contribution in [0.25, 0.3) is 0 Å². The number of esters is 1. The smallest absolute Gasteiger partial charge is 0.338 e. The Hall–Kier alpha value is -2.21. The number of carbonyl (C=O) groups is 2. The van der Waals surface area contributed by atoms with Crippen molar-refractivity contribution in [3.05, 3.63) is 46.4 Å². The Morgan fingerprint density at radius 3 is 2.95 bits per heavy atom. The molecule has 110 valence electrons. The highest BCUT2D eigenvalue weighted by atomic mass is 32.1. The van der Waals surface area contributed by atoms with Crippen molar-refractivity contribution in [3.63, 3.8) is 0 Å². The lowest BCUT2D eigenvalue weighted by atomic mass is 10.2. The molecule has 0 aliphatic carbocycles. The van der Waals surface area contributed by atoms with Crippen molar-refractivity contribution < 1.29 is 14.3 Å². The summed E-state index contributed by atoms with van der Waals surface area (Å²) in [6.45, 7) is 2.44. The molecule has 2 rings (SSSR count). The molecule has 0 atom stereocenters. The molecular weight excluding hydrogens is 288 g/mol. The quantitative estimate of drug-likeness (QED) is 0.656. The molecule has 0 fully saturated rings. The van der Waals surface area contributed by atoms with Crippen molar-refractivity contribution in [2.24, 2.45) is 0 Å². The van der Waals surface area contributed by atoms with Crippen LogP contribution in [0.2, 0.25) is 0 Å². The molecule has 0 bridgehead atoms. The van der Waals surface area contributed by atoms with Crippen LogP contribution in [0.3, 0.4) is 0 Å². The summed E-state index contributed by atoms with van der Waals surface area (Å²) in [4.78, 5) is 27.7. The van der Waals surface area contributed by atoms with E-state index in [0.29, 0.717) is 23.6 Å². The number of thiazole rings is 1. The van der Waals surface area contributed by atoms with E-state index in [1.165, 1.54) is 11.3 Å². The molecule has 6 heteroatoms. The maximum absolute atomic E-state index is 11.9. The zero-order valence-corrected chi connectivity index (χ0v) is 12.5. The Morgan fingerprint density at radius 2 is 2.24 bits per heavy atom. The Morgan fingerprint density at radius 1 is 1.38 bits per heavy atom. The lowest BCUT2D eigenvalue weighted by molar-refractivity contribution is 0.0499. The van der Waals surface area contributed by atoms with Gasteiger partial charge in [-0.2, -0.15) is 0 Å². The highest BCUT2D eigenvalue weighted by Crippen LogP contribution is 2.13. The van der Waals surface area contributed by atoms with Gasteiger partial charge in [-0.05, 0) is 24.6 Å². The van der Waals surface area contributed by atoms with E-state index >= 15 is 0 Å². The minimum absolute atomic E-state index is 0.298. The van der Waals surface area contributed by atoms with Gasteiger partial charge in [-0.3, -0.25) is 4.79 Å². The van der Waals surface area contributed by atoms with Crippen molar-refractivity contribution >= 4 is 28.9 Å². The molecule has 2 aromatic rings. The van der Waals surface area contributed by atoms with Gasteiger partial charge in [0.25, 0.3) is 5.91 Å². The highest BCUT2D eigenvalue weighted by Gasteiger charge is 2.11. The average molecular weight is 304 g/mol. The van der Waals surface area contributed by atoms with Crippen LogP contribution in [0.1, 0.15) is 40.6 Å². The minimum Gasteiger partial charge on any atom is -0.462 e. The number of anilines is 1. The summed E-state index contributed by atoms with van der Waals surface area (Å²) in [6, 6.07) is 6.67. The number of unbranched alkanes of at least 4 members (excludes halogenated alkanes) is 1. The first-order chi connectivity index (χ1) is 10.2. The first-order valence-electron chi connectivity index (χ1n) is 6.67. The molecule has 1 amide bonds. The number of hydrogen-bond donors (Lipinski definition) is 1. The van der Waals surface area contributed by atoms with Gasteiger partial charge < -0.3 is 10.1 Å². The number of amides is 1. The van der Waals surface area contributed by atoms with Crippen LogP contribution in [0.5, 0.6) is 0 Å². The fourth-order valence-electron chi connectivity index (χ4n) is 1.64. The maximum Gasteiger partial charge on any atom is 0.338 e. The number of ether oxygens (including phenoxy) is 1. The summed E-state index contributed by atoms with van der Waals surface area (Å²) in [5.74, 6) is -0.680. The number of hydrogen-bond acceptors (Lipinski definition) is 5. The molecule has 1 heterocycles. The van der Waals surface area contributed by atoms with E-state index in [4.69, 9.17) is 4.74 Å². The molecule has 1 aromatic heterocycles. The van der Waals surface area contributed by atoms with Gasteiger partial charge in [0.05, 0.1) is 17.7 Å². The van der Waals surface area contributed by atoms with E-state index < -0.39 is 0 Å². The first kappa shape index (κ1) is 15.2. The van der Waals surface area contributed by atoms with Gasteiger partial charge in [0.1, 0.15) is 5.69 Å². The summed E-state index contributed by atoms with van der Waals surface area (Å²) in [5.41, 5.74) is 2.91. The number of nitrogens with one attached hydrogen (secondary N) is 1. The summed E-state index contributed by atoms with van der Waals surface area (Å²) in [7, 11) is 0. The number of carbonyl (C=O) groups excluding carboxylic acids is 2. The Bertz CT molecular complexity index is 611. The molecule has 1 aromatic carbocycles. The monoisotopic (exact) mass is 304 g/mol. The van der Waals surface area contributed by atoms with E-state index in [1.54, 1.807) is 35.2 Å². The van der Waals surface area contributed by atoms with Crippen LogP contribution in [0.4, 0.5) is 5.69 Å². The second kappa shape index (κ2) is 7.54. The molecular formula is C15H16N2O3S. The van der Waals surface area contributed by atoms with Gasteiger partial charge in [-0.25, -0.2) is 9.78 Å². The van der Waals surface area contributed by atoms with Gasteiger partial charge >= 0.3 is 5.97 Å². The predicted molar refractivity (Wildman–Crippen MR) is 81.7 cm³/mol. The number of benzene rings is 1. The number of nitrogens with zero attached hydrogens (tertiary/aromatic N) is 1. The normalized spacial score (nSPS) is 10.1. The zero-order valence-electron chi connectivity index (χ0n) is 11.7. The Kier molecular flexibility index (Phi) is 5.45. The molecule has 21 heavy (non-hydrogen) atoms. The van der Waals surface area contributed by atoms with Gasteiger partial charge in [0, 0.05) is 11.1 Å². The van der Waals surface area contributed by atoms with Crippen LogP contribution < -0.4 is 5.32 Å². The summed E-state index contributed by atoms with van der Waals surface area (Å²) in [6.07, 6.45) is 1.81. The summed E-state index contributed by atoms with van der Waals surface area (Å²) >= 11 is 1.35. The predicted octanol–water partition coefficient (Wildman–Crippen LogP) is 3.35. The van der Waals surface area contributed by atoms with Gasteiger partial charge in [-0.1, -0.05) is 19.4 Å².